The Kier molecular flexibility index (Phi) is 6.40. The first kappa shape index (κ1) is 20.4. The Bertz CT molecular complexity index is 867. The van der Waals surface area contributed by atoms with Crippen LogP contribution in [0.15, 0.2) is 27.6 Å². The minimum Gasteiger partial charge on any atom is -0.483 e. The lowest BCUT2D eigenvalue weighted by Gasteiger charge is -2.18. The molecule has 2 N–H and O–H groups in total. The van der Waals surface area contributed by atoms with Crippen LogP contribution in [0.5, 0.6) is 5.75 Å². The molecule has 28 heavy (non-hydrogen) atoms. The second-order valence-electron chi connectivity index (χ2n) is 6.30. The highest BCUT2D eigenvalue weighted by atomic mass is 79.9. The van der Waals surface area contributed by atoms with Crippen molar-refractivity contribution in [2.75, 3.05) is 26.2 Å². The number of imide groups is 1. The van der Waals surface area contributed by atoms with Crippen molar-refractivity contribution >= 4 is 56.7 Å². The van der Waals surface area contributed by atoms with Gasteiger partial charge in [-0.25, -0.2) is 0 Å². The molecule has 0 unspecified atom stereocenters. The predicted octanol–water partition coefficient (Wildman–Crippen LogP) is 1.97. The lowest BCUT2D eigenvalue weighted by molar-refractivity contribution is -0.135. The summed E-state index contributed by atoms with van der Waals surface area (Å²) in [6.45, 7) is 0.861. The summed E-state index contributed by atoms with van der Waals surface area (Å²) in [5, 5.41) is -0.454. The van der Waals surface area contributed by atoms with Gasteiger partial charge < -0.3 is 15.4 Å². The van der Waals surface area contributed by atoms with Gasteiger partial charge in [0, 0.05) is 13.1 Å². The number of ether oxygens (including phenoxy) is 1. The van der Waals surface area contributed by atoms with Crippen molar-refractivity contribution < 1.29 is 23.9 Å². The molecule has 8 nitrogen and oxygen atoms in total. The maximum absolute atomic E-state index is 12.6. The van der Waals surface area contributed by atoms with Gasteiger partial charge in [0.15, 0.2) is 6.61 Å². The minimum absolute atomic E-state index is 0.209. The quantitative estimate of drug-likeness (QED) is 0.640. The molecule has 0 aliphatic carbocycles. The normalized spacial score (nSPS) is 18.2. The number of amides is 4. The van der Waals surface area contributed by atoms with E-state index < -0.39 is 17.1 Å². The zero-order valence-electron chi connectivity index (χ0n) is 14.9. The molecule has 1 aromatic rings. The van der Waals surface area contributed by atoms with Crippen LogP contribution >= 0.6 is 27.7 Å². The number of likely N-dealkylation sites (tertiary alicyclic amines) is 1. The zero-order valence-corrected chi connectivity index (χ0v) is 17.3. The van der Waals surface area contributed by atoms with Crippen LogP contribution in [0.1, 0.15) is 18.4 Å². The largest absolute Gasteiger partial charge is 0.483 e. The maximum Gasteiger partial charge on any atom is 0.294 e. The third-order valence-corrected chi connectivity index (χ3v) is 5.78. The molecule has 0 atom stereocenters. The third kappa shape index (κ3) is 4.74. The van der Waals surface area contributed by atoms with E-state index in [0.717, 1.165) is 29.5 Å². The van der Waals surface area contributed by atoms with E-state index in [9.17, 15) is 19.2 Å². The Morgan fingerprint density at radius 1 is 1.25 bits per heavy atom. The van der Waals surface area contributed by atoms with Gasteiger partial charge in [-0.2, -0.15) is 0 Å². The number of primary amides is 1. The van der Waals surface area contributed by atoms with Crippen LogP contribution in [0.25, 0.3) is 6.08 Å². The number of hydrogen-bond donors (Lipinski definition) is 1. The highest BCUT2D eigenvalue weighted by Gasteiger charge is 2.37. The first-order valence-electron chi connectivity index (χ1n) is 8.59. The van der Waals surface area contributed by atoms with Gasteiger partial charge in [-0.05, 0) is 64.3 Å². The van der Waals surface area contributed by atoms with Crippen molar-refractivity contribution in [2.45, 2.75) is 12.8 Å². The first-order valence-corrected chi connectivity index (χ1v) is 10.2. The number of nitrogens with zero attached hydrogens (tertiary/aromatic N) is 2. The summed E-state index contributed by atoms with van der Waals surface area (Å²) in [7, 11) is 0. The van der Waals surface area contributed by atoms with Gasteiger partial charge >= 0.3 is 0 Å². The summed E-state index contributed by atoms with van der Waals surface area (Å²) in [5.74, 6) is -0.846. The van der Waals surface area contributed by atoms with Gasteiger partial charge in [0.25, 0.3) is 17.1 Å². The second kappa shape index (κ2) is 8.78. The molecule has 2 aliphatic rings. The third-order valence-electron chi connectivity index (χ3n) is 4.25. The maximum atomic E-state index is 12.6. The summed E-state index contributed by atoms with van der Waals surface area (Å²) in [6, 6.07) is 5.00. The summed E-state index contributed by atoms with van der Waals surface area (Å²) in [6.07, 6.45) is 3.47. The van der Waals surface area contributed by atoms with Gasteiger partial charge in [-0.3, -0.25) is 24.1 Å². The summed E-state index contributed by atoms with van der Waals surface area (Å²) >= 11 is 4.14. The van der Waals surface area contributed by atoms with Gasteiger partial charge in [0.05, 0.1) is 9.38 Å². The fourth-order valence-electron chi connectivity index (χ4n) is 2.86. The Balaban J connectivity index is 1.69. The van der Waals surface area contributed by atoms with Crippen LogP contribution in [-0.4, -0.2) is 59.0 Å². The highest BCUT2D eigenvalue weighted by Crippen LogP contribution is 2.34. The Hall–Kier alpha value is -2.33. The number of carbonyl (C=O) groups excluding carboxylic acids is 4. The minimum atomic E-state index is -0.590. The standard InChI is InChI=1S/C18H18BrN3O5S/c19-12-7-11(3-4-13(12)27-10-15(20)23)8-14-17(25)22(18(26)28-14)9-16(24)21-5-1-2-6-21/h3-4,7-8H,1-2,5-6,9-10H2,(H2,20,23)/b14-8-. The lowest BCUT2D eigenvalue weighted by atomic mass is 10.2. The zero-order chi connectivity index (χ0) is 20.3. The average molecular weight is 468 g/mol. The SMILES string of the molecule is NC(=O)COc1ccc(/C=C2\SC(=O)N(CC(=O)N3CCCC3)C2=O)cc1Br. The van der Waals surface area contributed by atoms with E-state index in [1.807, 2.05) is 0 Å². The number of benzene rings is 1. The monoisotopic (exact) mass is 467 g/mol. The molecule has 0 saturated carbocycles. The van der Waals surface area contributed by atoms with Crippen LogP contribution in [0.2, 0.25) is 0 Å². The van der Waals surface area contributed by atoms with Gasteiger partial charge in [0.2, 0.25) is 5.91 Å². The van der Waals surface area contributed by atoms with E-state index in [4.69, 9.17) is 10.5 Å². The molecular formula is C18H18BrN3O5S. The smallest absolute Gasteiger partial charge is 0.294 e. The molecule has 2 fully saturated rings. The van der Waals surface area contributed by atoms with Crippen molar-refractivity contribution in [1.29, 1.82) is 0 Å². The second-order valence-corrected chi connectivity index (χ2v) is 8.15. The molecule has 10 heteroatoms. The first-order chi connectivity index (χ1) is 13.3. The molecule has 2 heterocycles. The topological polar surface area (TPSA) is 110 Å². The highest BCUT2D eigenvalue weighted by molar-refractivity contribution is 9.10. The summed E-state index contributed by atoms with van der Waals surface area (Å²) < 4.78 is 5.83. The van der Waals surface area contributed by atoms with E-state index in [0.29, 0.717) is 28.9 Å². The van der Waals surface area contributed by atoms with Crippen molar-refractivity contribution in [3.63, 3.8) is 0 Å². The molecule has 4 amide bonds. The molecule has 1 aromatic carbocycles. The van der Waals surface area contributed by atoms with E-state index >= 15 is 0 Å². The molecule has 0 radical (unpaired) electrons. The van der Waals surface area contributed by atoms with Crippen molar-refractivity contribution in [1.82, 2.24) is 9.80 Å². The summed E-state index contributed by atoms with van der Waals surface area (Å²) in [5.41, 5.74) is 5.71. The van der Waals surface area contributed by atoms with E-state index in [1.54, 1.807) is 29.2 Å². The van der Waals surface area contributed by atoms with Crippen molar-refractivity contribution in [3.8, 4) is 5.75 Å². The van der Waals surface area contributed by atoms with Gasteiger partial charge in [-0.1, -0.05) is 6.07 Å². The molecule has 0 spiro atoms. The van der Waals surface area contributed by atoms with Crippen molar-refractivity contribution in [2.24, 2.45) is 5.73 Å². The van der Waals surface area contributed by atoms with E-state index in [-0.39, 0.29) is 24.0 Å². The number of hydrogen-bond acceptors (Lipinski definition) is 6. The van der Waals surface area contributed by atoms with E-state index in [1.165, 1.54) is 0 Å². The van der Waals surface area contributed by atoms with Gasteiger partial charge in [-0.15, -0.1) is 0 Å². The fraction of sp³-hybridized carbons (Fsp3) is 0.333. The Morgan fingerprint density at radius 3 is 2.61 bits per heavy atom. The molecule has 0 aromatic heterocycles. The molecule has 0 bridgehead atoms. The van der Waals surface area contributed by atoms with Crippen molar-refractivity contribution in [3.05, 3.63) is 33.1 Å². The van der Waals surface area contributed by atoms with Crippen LogP contribution < -0.4 is 10.5 Å². The predicted molar refractivity (Wildman–Crippen MR) is 107 cm³/mol. The van der Waals surface area contributed by atoms with Gasteiger partial charge in [0.1, 0.15) is 12.3 Å². The lowest BCUT2D eigenvalue weighted by Crippen LogP contribution is -2.40. The van der Waals surface area contributed by atoms with Crippen LogP contribution in [0.4, 0.5) is 4.79 Å². The Labute approximate surface area is 174 Å². The number of nitrogens with two attached hydrogens (primary N) is 1. The van der Waals surface area contributed by atoms with Crippen LogP contribution in [0.3, 0.4) is 0 Å². The van der Waals surface area contributed by atoms with E-state index in [2.05, 4.69) is 15.9 Å². The summed E-state index contributed by atoms with van der Waals surface area (Å²) in [4.78, 5) is 50.7. The molecule has 2 aliphatic heterocycles. The van der Waals surface area contributed by atoms with Crippen LogP contribution in [0, 0.1) is 0 Å². The molecule has 3 rings (SSSR count). The average Bonchev–Trinajstić information content (AvgIpc) is 3.26. The number of halogens is 1. The number of thioether (sulfide) groups is 1. The molecule has 148 valence electrons. The Morgan fingerprint density at radius 2 is 1.96 bits per heavy atom. The molecular weight excluding hydrogens is 450 g/mol. The number of carbonyl (C=O) groups is 4. The number of rotatable bonds is 6. The van der Waals surface area contributed by atoms with Crippen LogP contribution in [-0.2, 0) is 14.4 Å². The fourth-order valence-corrected chi connectivity index (χ4v) is 4.21. The molecule has 2 saturated heterocycles.